The minimum absolute atomic E-state index is 0.0172. The molecule has 2 aliphatic rings. The second kappa shape index (κ2) is 15.3. The molecule has 0 N–H and O–H groups in total. The Hall–Kier alpha value is -6.85. The van der Waals surface area contributed by atoms with Gasteiger partial charge in [0.2, 0.25) is 0 Å². The molecular weight excluding hydrogens is 826 g/mol. The van der Waals surface area contributed by atoms with E-state index in [-0.39, 0.29) is 28.4 Å². The fourth-order valence-corrected chi connectivity index (χ4v) is 10.6. The first-order valence-corrected chi connectivity index (χ1v) is 24.4. The summed E-state index contributed by atoms with van der Waals surface area (Å²) in [6.07, 6.45) is 1.85. The maximum atomic E-state index is 7.12. The van der Waals surface area contributed by atoms with Crippen LogP contribution in [0.5, 0.6) is 0 Å². The summed E-state index contributed by atoms with van der Waals surface area (Å²) in [5, 5.41) is 2.17. The topological polar surface area (TPSA) is 32.5 Å². The zero-order valence-corrected chi connectivity index (χ0v) is 41.8. The van der Waals surface area contributed by atoms with E-state index in [1.165, 1.54) is 61.4 Å². The second-order valence-corrected chi connectivity index (χ2v) is 23.4. The number of furan rings is 1. The van der Waals surface area contributed by atoms with Crippen molar-refractivity contribution in [1.82, 2.24) is 4.98 Å². The molecule has 2 aliphatic heterocycles. The fourth-order valence-electron chi connectivity index (χ4n) is 10.6. The molecule has 0 radical (unpaired) electrons. The minimum atomic E-state index is -0.0471. The predicted octanol–water partition coefficient (Wildman–Crippen LogP) is 15.6. The number of nitrogens with zero attached hydrogens (tertiary/aromatic N) is 3. The monoisotopic (exact) mass is 887 g/mol. The molecule has 11 rings (SSSR count). The summed E-state index contributed by atoms with van der Waals surface area (Å²) >= 11 is 0. The molecule has 0 atom stereocenters. The van der Waals surface area contributed by atoms with E-state index in [9.17, 15) is 0 Å². The molecule has 4 nitrogen and oxygen atoms in total. The summed E-state index contributed by atoms with van der Waals surface area (Å²) < 4.78 is 7.12. The van der Waals surface area contributed by atoms with Crippen molar-refractivity contribution < 1.29 is 4.42 Å². The SMILES string of the molecule is CC(C)(C)c1ccc(N2c3ccc(C(C)(C)C)cc3B3c4cc(C(C)(C)C)ccc4N(c4ccc(C(C)(C)C)cc4)c4cc(-c5cccc6c5oc5c(-c7ccccn7)cccc56)cc2c43)cc1. The van der Waals surface area contributed by atoms with Crippen molar-refractivity contribution >= 4 is 79.2 Å². The van der Waals surface area contributed by atoms with Gasteiger partial charge in [0, 0.05) is 62.2 Å². The highest BCUT2D eigenvalue weighted by Gasteiger charge is 2.45. The highest BCUT2D eigenvalue weighted by molar-refractivity contribution is 7.00. The van der Waals surface area contributed by atoms with Gasteiger partial charge in [0.1, 0.15) is 11.2 Å². The van der Waals surface area contributed by atoms with Crippen molar-refractivity contribution in [2.45, 2.75) is 105 Å². The highest BCUT2D eigenvalue weighted by atomic mass is 16.3. The molecule has 0 unspecified atom stereocenters. The third-order valence-electron chi connectivity index (χ3n) is 14.6. The van der Waals surface area contributed by atoms with Crippen LogP contribution in [0, 0.1) is 0 Å². The van der Waals surface area contributed by atoms with E-state index in [4.69, 9.17) is 9.40 Å². The van der Waals surface area contributed by atoms with Crippen molar-refractivity contribution in [3.63, 3.8) is 0 Å². The number of rotatable bonds is 4. The van der Waals surface area contributed by atoms with Gasteiger partial charge in [0.25, 0.3) is 6.71 Å². The van der Waals surface area contributed by atoms with Gasteiger partial charge < -0.3 is 14.2 Å². The lowest BCUT2D eigenvalue weighted by atomic mass is 9.33. The molecule has 5 heteroatoms. The molecule has 0 bridgehead atoms. The van der Waals surface area contributed by atoms with Crippen molar-refractivity contribution in [1.29, 1.82) is 0 Å². The van der Waals surface area contributed by atoms with Gasteiger partial charge in [-0.25, -0.2) is 0 Å². The Kier molecular flexibility index (Phi) is 9.86. The smallest absolute Gasteiger partial charge is 0.252 e. The molecule has 0 amide bonds. The number of pyridine rings is 1. The largest absolute Gasteiger partial charge is 0.455 e. The number of fused-ring (bicyclic) bond motifs is 7. The van der Waals surface area contributed by atoms with Gasteiger partial charge in [-0.1, -0.05) is 168 Å². The highest BCUT2D eigenvalue weighted by Crippen LogP contribution is 2.49. The first-order chi connectivity index (χ1) is 32.3. The Morgan fingerprint density at radius 3 is 1.29 bits per heavy atom. The molecule has 338 valence electrons. The van der Waals surface area contributed by atoms with E-state index in [0.717, 1.165) is 55.7 Å². The van der Waals surface area contributed by atoms with Crippen LogP contribution in [0.25, 0.3) is 44.3 Å². The molecule has 0 fully saturated rings. The molecule has 0 saturated carbocycles. The Morgan fingerprint density at radius 2 is 0.853 bits per heavy atom. The third-order valence-corrected chi connectivity index (χ3v) is 14.6. The van der Waals surface area contributed by atoms with Crippen LogP contribution in [0.1, 0.15) is 105 Å². The lowest BCUT2D eigenvalue weighted by molar-refractivity contribution is 0.590. The van der Waals surface area contributed by atoms with Gasteiger partial charge in [-0.05, 0) is 133 Å². The Morgan fingerprint density at radius 1 is 0.412 bits per heavy atom. The maximum Gasteiger partial charge on any atom is 0.252 e. The maximum absolute atomic E-state index is 7.12. The standard InChI is InChI=1S/C63H62BN3O/c1-60(2,3)40-22-28-44(29-23-40)66-53-32-26-42(62(7,8)9)37-50(53)64-51-38-43(63(10,11)12)27-33-54(51)67(45-30-24-41(25-31-45)61(4,5)6)56-36-39(35-55(66)57(56)64)46-17-15-18-47-48-19-16-20-49(59(48)68-58(46)47)52-21-13-14-34-65-52/h13-38H,1-12H3. The van der Waals surface area contributed by atoms with Gasteiger partial charge in [0.15, 0.2) is 0 Å². The Bertz CT molecular complexity index is 3280. The lowest BCUT2D eigenvalue weighted by Crippen LogP contribution is -2.61. The molecule has 0 saturated heterocycles. The van der Waals surface area contributed by atoms with Crippen LogP contribution in [0.15, 0.2) is 162 Å². The fraction of sp³-hybridized carbons (Fsp3) is 0.254. The van der Waals surface area contributed by atoms with Crippen LogP contribution in [-0.4, -0.2) is 11.7 Å². The van der Waals surface area contributed by atoms with Crippen molar-refractivity contribution in [2.24, 2.45) is 0 Å². The lowest BCUT2D eigenvalue weighted by Gasteiger charge is -2.45. The number of anilines is 6. The Labute approximate surface area is 403 Å². The zero-order chi connectivity index (χ0) is 47.7. The first-order valence-electron chi connectivity index (χ1n) is 24.4. The van der Waals surface area contributed by atoms with Crippen molar-refractivity contribution in [2.75, 3.05) is 9.80 Å². The van der Waals surface area contributed by atoms with Gasteiger partial charge in [0.05, 0.1) is 5.69 Å². The molecule has 0 spiro atoms. The van der Waals surface area contributed by atoms with Crippen LogP contribution in [0.4, 0.5) is 34.1 Å². The summed E-state index contributed by atoms with van der Waals surface area (Å²) in [5.41, 5.74) is 22.0. The summed E-state index contributed by atoms with van der Waals surface area (Å²) in [6.45, 7) is 27.7. The molecule has 68 heavy (non-hydrogen) atoms. The average Bonchev–Trinajstić information content (AvgIpc) is 3.69. The van der Waals surface area contributed by atoms with Crippen LogP contribution in [0.3, 0.4) is 0 Å². The van der Waals surface area contributed by atoms with Crippen LogP contribution in [0.2, 0.25) is 0 Å². The number of hydrogen-bond acceptors (Lipinski definition) is 4. The van der Waals surface area contributed by atoms with Crippen LogP contribution in [-0.2, 0) is 21.7 Å². The molecule has 0 aliphatic carbocycles. The normalized spacial score (nSPS) is 13.8. The van der Waals surface area contributed by atoms with Gasteiger partial charge in [-0.15, -0.1) is 0 Å². The summed E-state index contributed by atoms with van der Waals surface area (Å²) in [7, 11) is 0. The van der Waals surface area contributed by atoms with E-state index in [1.54, 1.807) is 0 Å². The molecular formula is C63H62BN3O. The Balaban J connectivity index is 1.26. The summed E-state index contributed by atoms with van der Waals surface area (Å²) in [6, 6.07) is 57.2. The van der Waals surface area contributed by atoms with Crippen LogP contribution >= 0.6 is 0 Å². The van der Waals surface area contributed by atoms with E-state index >= 15 is 0 Å². The van der Waals surface area contributed by atoms with Gasteiger partial charge >= 0.3 is 0 Å². The number of hydrogen-bond donors (Lipinski definition) is 0. The predicted molar refractivity (Wildman–Crippen MR) is 291 cm³/mol. The zero-order valence-electron chi connectivity index (χ0n) is 41.8. The van der Waals surface area contributed by atoms with E-state index in [1.807, 2.05) is 18.3 Å². The van der Waals surface area contributed by atoms with E-state index in [0.29, 0.717) is 0 Å². The van der Waals surface area contributed by atoms with Crippen molar-refractivity contribution in [3.8, 4) is 22.4 Å². The molecule has 4 heterocycles. The van der Waals surface area contributed by atoms with Gasteiger partial charge in [-0.3, -0.25) is 4.98 Å². The summed E-state index contributed by atoms with van der Waals surface area (Å²) in [4.78, 5) is 9.84. The number of aromatic nitrogens is 1. The number of benzene rings is 7. The molecule has 7 aromatic carbocycles. The molecule has 9 aromatic rings. The quantitative estimate of drug-likeness (QED) is 0.165. The van der Waals surface area contributed by atoms with E-state index in [2.05, 4.69) is 232 Å². The summed E-state index contributed by atoms with van der Waals surface area (Å²) in [5.74, 6) is 0. The molecule has 2 aromatic heterocycles. The van der Waals surface area contributed by atoms with E-state index < -0.39 is 0 Å². The average molecular weight is 888 g/mol. The first kappa shape index (κ1) is 43.7. The van der Waals surface area contributed by atoms with Gasteiger partial charge in [-0.2, -0.15) is 0 Å². The third kappa shape index (κ3) is 7.16. The second-order valence-electron chi connectivity index (χ2n) is 23.4. The van der Waals surface area contributed by atoms with Crippen LogP contribution < -0.4 is 26.2 Å². The van der Waals surface area contributed by atoms with Crippen molar-refractivity contribution in [3.05, 3.63) is 180 Å². The minimum Gasteiger partial charge on any atom is -0.455 e. The number of para-hydroxylation sites is 2.